The number of carbonyl (C=O) groups is 1. The van der Waals surface area contributed by atoms with Crippen LogP contribution in [0.2, 0.25) is 0 Å². The fourth-order valence-electron chi connectivity index (χ4n) is 0.728. The van der Waals surface area contributed by atoms with Crippen LogP contribution in [0.5, 0.6) is 0 Å². The van der Waals surface area contributed by atoms with Crippen LogP contribution in [0.25, 0.3) is 0 Å². The lowest BCUT2D eigenvalue weighted by Crippen LogP contribution is -2.10. The van der Waals surface area contributed by atoms with Gasteiger partial charge in [-0.15, -0.1) is 0 Å². The van der Waals surface area contributed by atoms with E-state index in [0.717, 1.165) is 0 Å². The molecule has 0 aliphatic rings. The van der Waals surface area contributed by atoms with Gasteiger partial charge >= 0.3 is 0 Å². The van der Waals surface area contributed by atoms with Crippen LogP contribution in [0.3, 0.4) is 0 Å². The van der Waals surface area contributed by atoms with E-state index in [0.29, 0.717) is 6.42 Å². The summed E-state index contributed by atoms with van der Waals surface area (Å²) >= 11 is 0. The summed E-state index contributed by atoms with van der Waals surface area (Å²) in [5.41, 5.74) is 0. The second-order valence-electron chi connectivity index (χ2n) is 2.21. The molecule has 1 atom stereocenters. The summed E-state index contributed by atoms with van der Waals surface area (Å²) < 4.78 is 4.99. The summed E-state index contributed by atoms with van der Waals surface area (Å²) in [6.07, 6.45) is 4.20. The Kier molecular flexibility index (Phi) is 4.85. The van der Waals surface area contributed by atoms with Crippen LogP contribution < -0.4 is 0 Å². The fraction of sp³-hybridized carbons (Fsp3) is 0.625. The SMILES string of the molecule is C/C=C/C(CC(C)=O)OC. The molecule has 0 heterocycles. The number of Topliss-reactive ketones (excluding diaryl/α,β-unsaturated/α-hetero) is 1. The van der Waals surface area contributed by atoms with E-state index in [1.807, 2.05) is 19.1 Å². The van der Waals surface area contributed by atoms with Crippen LogP contribution in [0, 0.1) is 0 Å². The number of ether oxygens (including phenoxy) is 1. The molecule has 58 valence electrons. The van der Waals surface area contributed by atoms with Gasteiger partial charge in [-0.25, -0.2) is 0 Å². The van der Waals surface area contributed by atoms with Crippen molar-refractivity contribution in [2.45, 2.75) is 26.4 Å². The molecule has 0 spiro atoms. The highest BCUT2D eigenvalue weighted by Gasteiger charge is 2.04. The Labute approximate surface area is 61.9 Å². The topological polar surface area (TPSA) is 26.3 Å². The van der Waals surface area contributed by atoms with Gasteiger partial charge in [0.2, 0.25) is 0 Å². The average Bonchev–Trinajstić information content (AvgIpc) is 1.86. The van der Waals surface area contributed by atoms with Crippen molar-refractivity contribution in [2.24, 2.45) is 0 Å². The minimum Gasteiger partial charge on any atom is -0.377 e. The van der Waals surface area contributed by atoms with Crippen molar-refractivity contribution in [2.75, 3.05) is 7.11 Å². The zero-order valence-corrected chi connectivity index (χ0v) is 6.76. The first kappa shape index (κ1) is 9.37. The van der Waals surface area contributed by atoms with E-state index >= 15 is 0 Å². The molecule has 2 nitrogen and oxygen atoms in total. The summed E-state index contributed by atoms with van der Waals surface area (Å²) in [6.45, 7) is 3.47. The summed E-state index contributed by atoms with van der Waals surface area (Å²) in [4.78, 5) is 10.6. The van der Waals surface area contributed by atoms with Gasteiger partial charge in [0, 0.05) is 13.5 Å². The van der Waals surface area contributed by atoms with E-state index in [-0.39, 0.29) is 11.9 Å². The Morgan fingerprint density at radius 1 is 1.70 bits per heavy atom. The maximum absolute atomic E-state index is 10.6. The highest BCUT2D eigenvalue weighted by Crippen LogP contribution is 1.99. The minimum absolute atomic E-state index is 0.0394. The highest BCUT2D eigenvalue weighted by molar-refractivity contribution is 5.76. The molecule has 0 bridgehead atoms. The smallest absolute Gasteiger partial charge is 0.132 e. The van der Waals surface area contributed by atoms with Crippen LogP contribution in [-0.2, 0) is 9.53 Å². The van der Waals surface area contributed by atoms with E-state index in [9.17, 15) is 4.79 Å². The molecule has 0 aliphatic carbocycles. The van der Waals surface area contributed by atoms with E-state index < -0.39 is 0 Å². The number of rotatable bonds is 4. The molecule has 0 aliphatic heterocycles. The van der Waals surface area contributed by atoms with Crippen molar-refractivity contribution in [3.63, 3.8) is 0 Å². The van der Waals surface area contributed by atoms with Crippen LogP contribution >= 0.6 is 0 Å². The summed E-state index contributed by atoms with van der Waals surface area (Å²) in [5, 5.41) is 0. The summed E-state index contributed by atoms with van der Waals surface area (Å²) in [6, 6.07) is 0. The van der Waals surface area contributed by atoms with E-state index in [2.05, 4.69) is 0 Å². The second kappa shape index (κ2) is 5.18. The van der Waals surface area contributed by atoms with Crippen molar-refractivity contribution in [3.8, 4) is 0 Å². The Bertz CT molecular complexity index is 127. The number of hydrogen-bond donors (Lipinski definition) is 0. The zero-order valence-electron chi connectivity index (χ0n) is 6.76. The standard InChI is InChI=1S/C8H14O2/c1-4-5-8(10-3)6-7(2)9/h4-5,8H,6H2,1-3H3/b5-4+. The molecule has 0 radical (unpaired) electrons. The van der Waals surface area contributed by atoms with Crippen molar-refractivity contribution >= 4 is 5.78 Å². The van der Waals surface area contributed by atoms with Gasteiger partial charge < -0.3 is 4.74 Å². The Balaban J connectivity index is 3.71. The monoisotopic (exact) mass is 142 g/mol. The number of allylic oxidation sites excluding steroid dienone is 1. The minimum atomic E-state index is -0.0394. The molecule has 1 unspecified atom stereocenters. The maximum atomic E-state index is 10.6. The molecule has 0 rings (SSSR count). The average molecular weight is 142 g/mol. The predicted molar refractivity (Wildman–Crippen MR) is 40.9 cm³/mol. The van der Waals surface area contributed by atoms with Gasteiger partial charge in [0.15, 0.2) is 0 Å². The lowest BCUT2D eigenvalue weighted by Gasteiger charge is -2.06. The van der Waals surface area contributed by atoms with E-state index in [4.69, 9.17) is 4.74 Å². The first-order valence-electron chi connectivity index (χ1n) is 3.35. The highest BCUT2D eigenvalue weighted by atomic mass is 16.5. The van der Waals surface area contributed by atoms with Gasteiger partial charge in [0.05, 0.1) is 6.10 Å². The number of hydrogen-bond acceptors (Lipinski definition) is 2. The third-order valence-corrected chi connectivity index (χ3v) is 1.20. The van der Waals surface area contributed by atoms with Gasteiger partial charge in [-0.05, 0) is 13.8 Å². The molecule has 0 saturated heterocycles. The van der Waals surface area contributed by atoms with Crippen LogP contribution in [0.1, 0.15) is 20.3 Å². The first-order chi connectivity index (χ1) is 4.70. The van der Waals surface area contributed by atoms with E-state index in [1.54, 1.807) is 14.0 Å². The molecular weight excluding hydrogens is 128 g/mol. The molecule has 0 N–H and O–H groups in total. The van der Waals surface area contributed by atoms with Gasteiger partial charge in [-0.1, -0.05) is 12.2 Å². The normalized spacial score (nSPS) is 13.9. The Hall–Kier alpha value is -0.630. The fourth-order valence-corrected chi connectivity index (χ4v) is 0.728. The van der Waals surface area contributed by atoms with E-state index in [1.165, 1.54) is 0 Å². The third-order valence-electron chi connectivity index (χ3n) is 1.20. The molecule has 0 amide bonds. The molecule has 0 aromatic rings. The van der Waals surface area contributed by atoms with Crippen molar-refractivity contribution in [1.29, 1.82) is 0 Å². The summed E-state index contributed by atoms with van der Waals surface area (Å²) in [7, 11) is 1.60. The van der Waals surface area contributed by atoms with Crippen LogP contribution in [-0.4, -0.2) is 19.0 Å². The van der Waals surface area contributed by atoms with Crippen molar-refractivity contribution in [1.82, 2.24) is 0 Å². The Morgan fingerprint density at radius 3 is 2.60 bits per heavy atom. The lowest BCUT2D eigenvalue weighted by molar-refractivity contribution is -0.118. The lowest BCUT2D eigenvalue weighted by atomic mass is 10.2. The third kappa shape index (κ3) is 4.27. The number of methoxy groups -OCH3 is 1. The van der Waals surface area contributed by atoms with Gasteiger partial charge in [0.25, 0.3) is 0 Å². The Morgan fingerprint density at radius 2 is 2.30 bits per heavy atom. The molecule has 0 aromatic heterocycles. The maximum Gasteiger partial charge on any atom is 0.132 e. The van der Waals surface area contributed by atoms with Crippen molar-refractivity contribution in [3.05, 3.63) is 12.2 Å². The van der Waals surface area contributed by atoms with Gasteiger partial charge in [-0.3, -0.25) is 4.79 Å². The molecular formula is C8H14O2. The summed E-state index contributed by atoms with van der Waals surface area (Å²) in [5.74, 6) is 0.157. The van der Waals surface area contributed by atoms with Crippen LogP contribution in [0.4, 0.5) is 0 Å². The molecule has 0 saturated carbocycles. The van der Waals surface area contributed by atoms with Gasteiger partial charge in [0.1, 0.15) is 5.78 Å². The molecule has 2 heteroatoms. The first-order valence-corrected chi connectivity index (χ1v) is 3.35. The van der Waals surface area contributed by atoms with Crippen LogP contribution in [0.15, 0.2) is 12.2 Å². The molecule has 0 fully saturated rings. The van der Waals surface area contributed by atoms with Gasteiger partial charge in [-0.2, -0.15) is 0 Å². The second-order valence-corrected chi connectivity index (χ2v) is 2.21. The number of carbonyl (C=O) groups excluding carboxylic acids is 1. The molecule has 10 heavy (non-hydrogen) atoms. The largest absolute Gasteiger partial charge is 0.377 e. The van der Waals surface area contributed by atoms with Crippen molar-refractivity contribution < 1.29 is 9.53 Å². The zero-order chi connectivity index (χ0) is 7.98. The quantitative estimate of drug-likeness (QED) is 0.557. The predicted octanol–water partition coefficient (Wildman–Crippen LogP) is 1.56. The number of ketones is 1. The molecule has 0 aromatic carbocycles.